The number of anilines is 1. The first-order chi connectivity index (χ1) is 12.0. The fourth-order valence-corrected chi connectivity index (χ4v) is 3.57. The molecule has 10 heteroatoms. The van der Waals surface area contributed by atoms with Gasteiger partial charge in [0.15, 0.2) is 0 Å². The monoisotopic (exact) mass is 413 g/mol. The predicted molar refractivity (Wildman–Crippen MR) is 100.0 cm³/mol. The highest BCUT2D eigenvalue weighted by Gasteiger charge is 2.14. The fraction of sp³-hybridized carbons (Fsp3) is 0.0667. The van der Waals surface area contributed by atoms with Crippen LogP contribution < -0.4 is 5.32 Å². The van der Waals surface area contributed by atoms with Crippen LogP contribution in [0, 0.1) is 0 Å². The van der Waals surface area contributed by atoms with Gasteiger partial charge in [-0.15, -0.1) is 5.10 Å². The second-order valence-electron chi connectivity index (χ2n) is 4.79. The molecule has 2 aromatic carbocycles. The molecule has 1 heterocycles. The first kappa shape index (κ1) is 18.0. The molecule has 128 valence electrons. The lowest BCUT2D eigenvalue weighted by atomic mass is 10.3. The van der Waals surface area contributed by atoms with Crippen LogP contribution in [0.3, 0.4) is 0 Å². The number of tetrazole rings is 1. The van der Waals surface area contributed by atoms with E-state index in [1.807, 2.05) is 30.3 Å². The van der Waals surface area contributed by atoms with E-state index >= 15 is 0 Å². The highest BCUT2D eigenvalue weighted by Crippen LogP contribution is 2.33. The summed E-state index contributed by atoms with van der Waals surface area (Å²) in [5.41, 5.74) is 1.13. The summed E-state index contributed by atoms with van der Waals surface area (Å²) in [5, 5.41) is 15.6. The lowest BCUT2D eigenvalue weighted by molar-refractivity contribution is -0.113. The summed E-state index contributed by atoms with van der Waals surface area (Å²) < 4.78 is 1.56. The zero-order valence-electron chi connectivity index (χ0n) is 12.5. The smallest absolute Gasteiger partial charge is 0.234 e. The Morgan fingerprint density at radius 2 is 1.80 bits per heavy atom. The summed E-state index contributed by atoms with van der Waals surface area (Å²) in [5.74, 6) is -0.207. The van der Waals surface area contributed by atoms with Crippen molar-refractivity contribution in [3.8, 4) is 5.69 Å². The number of rotatable bonds is 5. The Bertz CT molecular complexity index is 880. The van der Waals surface area contributed by atoms with Crippen LogP contribution in [0.5, 0.6) is 0 Å². The number of aromatic nitrogens is 4. The van der Waals surface area contributed by atoms with E-state index < -0.39 is 0 Å². The van der Waals surface area contributed by atoms with Crippen LogP contribution in [-0.2, 0) is 4.79 Å². The number of halogens is 3. The largest absolute Gasteiger partial charge is 0.323 e. The van der Waals surface area contributed by atoms with Crippen molar-refractivity contribution in [3.63, 3.8) is 0 Å². The number of hydrogen-bond acceptors (Lipinski definition) is 5. The summed E-state index contributed by atoms with van der Waals surface area (Å²) in [6.45, 7) is 0. The van der Waals surface area contributed by atoms with Gasteiger partial charge < -0.3 is 5.32 Å². The molecule has 0 saturated carbocycles. The van der Waals surface area contributed by atoms with Gasteiger partial charge in [-0.3, -0.25) is 4.79 Å². The van der Waals surface area contributed by atoms with Gasteiger partial charge in [-0.05, 0) is 34.7 Å². The minimum Gasteiger partial charge on any atom is -0.323 e. The van der Waals surface area contributed by atoms with Crippen LogP contribution in [0.1, 0.15) is 0 Å². The molecule has 6 nitrogen and oxygen atoms in total. The molecule has 0 unspecified atom stereocenters. The van der Waals surface area contributed by atoms with Crippen molar-refractivity contribution in [2.75, 3.05) is 11.1 Å². The van der Waals surface area contributed by atoms with Gasteiger partial charge in [0.25, 0.3) is 0 Å². The van der Waals surface area contributed by atoms with Crippen molar-refractivity contribution >= 4 is 58.2 Å². The van der Waals surface area contributed by atoms with Crippen LogP contribution in [0.15, 0.2) is 47.6 Å². The van der Waals surface area contributed by atoms with E-state index in [0.29, 0.717) is 15.9 Å². The molecule has 1 amide bonds. The van der Waals surface area contributed by atoms with Crippen molar-refractivity contribution in [1.82, 2.24) is 20.2 Å². The fourth-order valence-electron chi connectivity index (χ4n) is 1.97. The Hall–Kier alpha value is -1.80. The predicted octanol–water partition coefficient (Wildman–Crippen LogP) is 4.35. The normalized spacial score (nSPS) is 10.7. The van der Waals surface area contributed by atoms with E-state index in [1.54, 1.807) is 4.68 Å². The van der Waals surface area contributed by atoms with Crippen molar-refractivity contribution in [2.24, 2.45) is 0 Å². The second kappa shape index (κ2) is 8.05. The molecule has 0 spiro atoms. The summed E-state index contributed by atoms with van der Waals surface area (Å²) in [4.78, 5) is 12.2. The topological polar surface area (TPSA) is 72.7 Å². The SMILES string of the molecule is O=C(CSc1nnnn1-c1ccccc1)Nc1c(Cl)cc(Cl)cc1Cl. The number of amides is 1. The lowest BCUT2D eigenvalue weighted by Gasteiger charge is -2.09. The minimum absolute atomic E-state index is 0.0858. The Morgan fingerprint density at radius 3 is 2.48 bits per heavy atom. The van der Waals surface area contributed by atoms with E-state index in [2.05, 4.69) is 20.8 Å². The van der Waals surface area contributed by atoms with E-state index in [9.17, 15) is 4.79 Å². The zero-order chi connectivity index (χ0) is 17.8. The molecule has 0 aliphatic heterocycles. The van der Waals surface area contributed by atoms with Gasteiger partial charge in [-0.1, -0.05) is 64.8 Å². The molecule has 0 saturated heterocycles. The summed E-state index contributed by atoms with van der Waals surface area (Å²) in [7, 11) is 0. The maximum atomic E-state index is 12.2. The average molecular weight is 415 g/mol. The van der Waals surface area contributed by atoms with Crippen molar-refractivity contribution in [3.05, 3.63) is 57.5 Å². The highest BCUT2D eigenvalue weighted by atomic mass is 35.5. The summed E-state index contributed by atoms with van der Waals surface area (Å²) in [6.07, 6.45) is 0. The molecular weight excluding hydrogens is 405 g/mol. The maximum Gasteiger partial charge on any atom is 0.234 e. The third-order valence-electron chi connectivity index (χ3n) is 3.05. The zero-order valence-corrected chi connectivity index (χ0v) is 15.6. The highest BCUT2D eigenvalue weighted by molar-refractivity contribution is 7.99. The van der Waals surface area contributed by atoms with Crippen LogP contribution in [0.4, 0.5) is 5.69 Å². The first-order valence-electron chi connectivity index (χ1n) is 6.95. The van der Waals surface area contributed by atoms with Gasteiger partial charge in [-0.25, -0.2) is 0 Å². The molecule has 0 atom stereocenters. The Balaban J connectivity index is 1.67. The van der Waals surface area contributed by atoms with E-state index in [0.717, 1.165) is 5.69 Å². The molecule has 1 N–H and O–H groups in total. The van der Waals surface area contributed by atoms with Gasteiger partial charge in [0, 0.05) is 5.02 Å². The molecule has 0 radical (unpaired) electrons. The van der Waals surface area contributed by atoms with Crippen LogP contribution in [-0.4, -0.2) is 31.9 Å². The molecule has 1 aromatic heterocycles. The Morgan fingerprint density at radius 1 is 1.12 bits per heavy atom. The molecular formula is C15H10Cl3N5OS. The third-order valence-corrected chi connectivity index (χ3v) is 4.78. The van der Waals surface area contributed by atoms with E-state index in [1.165, 1.54) is 23.9 Å². The summed E-state index contributed by atoms with van der Waals surface area (Å²) in [6, 6.07) is 12.4. The minimum atomic E-state index is -0.293. The van der Waals surface area contributed by atoms with E-state index in [-0.39, 0.29) is 21.7 Å². The first-order valence-corrected chi connectivity index (χ1v) is 9.07. The van der Waals surface area contributed by atoms with Crippen LogP contribution in [0.2, 0.25) is 15.1 Å². The van der Waals surface area contributed by atoms with Gasteiger partial charge in [0.1, 0.15) is 0 Å². The van der Waals surface area contributed by atoms with Crippen LogP contribution >= 0.6 is 46.6 Å². The second-order valence-corrected chi connectivity index (χ2v) is 6.98. The molecule has 0 aliphatic carbocycles. The molecule has 3 aromatic rings. The number of carbonyl (C=O) groups excluding carboxylic acids is 1. The van der Waals surface area contributed by atoms with Gasteiger partial charge >= 0.3 is 0 Å². The van der Waals surface area contributed by atoms with Crippen LogP contribution in [0.25, 0.3) is 5.69 Å². The van der Waals surface area contributed by atoms with Gasteiger partial charge in [0.2, 0.25) is 11.1 Å². The molecule has 0 aliphatic rings. The van der Waals surface area contributed by atoms with Crippen molar-refractivity contribution in [2.45, 2.75) is 5.16 Å². The average Bonchev–Trinajstić information content (AvgIpc) is 3.05. The standard InChI is InChI=1S/C15H10Cl3N5OS/c16-9-6-11(17)14(12(18)7-9)19-13(24)8-25-15-20-21-22-23(15)10-4-2-1-3-5-10/h1-7H,8H2,(H,19,24). The van der Waals surface area contributed by atoms with Crippen molar-refractivity contribution < 1.29 is 4.79 Å². The van der Waals surface area contributed by atoms with Crippen molar-refractivity contribution in [1.29, 1.82) is 0 Å². The van der Waals surface area contributed by atoms with E-state index in [4.69, 9.17) is 34.8 Å². The van der Waals surface area contributed by atoms with Gasteiger partial charge in [-0.2, -0.15) is 4.68 Å². The number of thioether (sulfide) groups is 1. The number of benzene rings is 2. The number of hydrogen-bond donors (Lipinski definition) is 1. The maximum absolute atomic E-state index is 12.2. The third kappa shape index (κ3) is 4.43. The number of nitrogens with zero attached hydrogens (tertiary/aromatic N) is 4. The Labute approximate surface area is 162 Å². The lowest BCUT2D eigenvalue weighted by Crippen LogP contribution is -2.15. The summed E-state index contributed by atoms with van der Waals surface area (Å²) >= 11 is 19.2. The molecule has 3 rings (SSSR count). The molecule has 25 heavy (non-hydrogen) atoms. The number of para-hydroxylation sites is 1. The number of carbonyl (C=O) groups is 1. The number of nitrogens with one attached hydrogen (secondary N) is 1. The van der Waals surface area contributed by atoms with Gasteiger partial charge in [0.05, 0.1) is 27.2 Å². The Kier molecular flexibility index (Phi) is 5.80. The quantitative estimate of drug-likeness (QED) is 0.628. The molecule has 0 fully saturated rings. The molecule has 0 bridgehead atoms.